The number of carbonyl (C=O) groups is 1. The Hall–Kier alpha value is -2.41. The molecule has 38 heavy (non-hydrogen) atoms. The molecule has 2 aromatic carbocycles. The molecule has 1 aromatic heterocycles. The monoisotopic (exact) mass is 692 g/mol. The first kappa shape index (κ1) is 28.6. The van der Waals surface area contributed by atoms with Crippen LogP contribution in [0.1, 0.15) is 31.0 Å². The van der Waals surface area contributed by atoms with Gasteiger partial charge in [0.15, 0.2) is 10.5 Å². The van der Waals surface area contributed by atoms with Gasteiger partial charge < -0.3 is 9.47 Å². The summed E-state index contributed by atoms with van der Waals surface area (Å²) in [6.07, 6.45) is -3.44. The minimum atomic E-state index is -4.98. The second-order valence-corrected chi connectivity index (χ2v) is 11.0. The van der Waals surface area contributed by atoms with E-state index in [0.29, 0.717) is 31.9 Å². The second-order valence-electron chi connectivity index (χ2n) is 7.86. The van der Waals surface area contributed by atoms with Crippen molar-refractivity contribution in [2.24, 2.45) is 4.99 Å². The van der Waals surface area contributed by atoms with Crippen molar-refractivity contribution in [3.63, 3.8) is 0 Å². The van der Waals surface area contributed by atoms with Gasteiger partial charge in [0.1, 0.15) is 5.75 Å². The molecule has 0 fully saturated rings. The van der Waals surface area contributed by atoms with E-state index < -0.39 is 35.0 Å². The third-order valence-corrected chi connectivity index (χ3v) is 7.80. The van der Waals surface area contributed by atoms with Crippen LogP contribution in [0.5, 0.6) is 5.75 Å². The predicted molar refractivity (Wildman–Crippen MR) is 145 cm³/mol. The highest BCUT2D eigenvalue weighted by atomic mass is 79.9. The number of nitrogens with zero attached hydrogens (tertiary/aromatic N) is 2. The average Bonchev–Trinajstić information content (AvgIpc) is 3.15. The summed E-state index contributed by atoms with van der Waals surface area (Å²) in [5.41, 5.74) is -1.96. The number of rotatable bonds is 6. The van der Waals surface area contributed by atoms with E-state index in [0.717, 1.165) is 15.9 Å². The van der Waals surface area contributed by atoms with Crippen LogP contribution in [0.15, 0.2) is 66.4 Å². The Labute approximate surface area is 240 Å². The van der Waals surface area contributed by atoms with Gasteiger partial charge in [0, 0.05) is 5.02 Å². The molecule has 0 amide bonds. The zero-order valence-electron chi connectivity index (χ0n) is 19.7. The van der Waals surface area contributed by atoms with Crippen LogP contribution in [0.3, 0.4) is 0 Å². The first-order chi connectivity index (χ1) is 18.0. The molecule has 13 heteroatoms. The zero-order valence-corrected chi connectivity index (χ0v) is 24.5. The highest BCUT2D eigenvalue weighted by Gasteiger charge is 2.45. The SMILES string of the molecule is CCOC(=O)C1=C(C(F)(F)F)N=c2s/c(=C\c3cc(Br)c(OCC)c(Br)c3)c(=O)n2[C@H]1c1ccc(Cl)cc1. The van der Waals surface area contributed by atoms with Crippen LogP contribution < -0.4 is 19.6 Å². The van der Waals surface area contributed by atoms with Crippen molar-refractivity contribution in [2.75, 3.05) is 13.2 Å². The fraction of sp³-hybridized carbons (Fsp3) is 0.240. The lowest BCUT2D eigenvalue weighted by Gasteiger charge is -2.26. The third kappa shape index (κ3) is 5.63. The van der Waals surface area contributed by atoms with E-state index in [4.69, 9.17) is 21.1 Å². The second kappa shape index (κ2) is 11.4. The fourth-order valence-corrected chi connectivity index (χ4v) is 6.48. The molecule has 0 aliphatic carbocycles. The van der Waals surface area contributed by atoms with E-state index in [9.17, 15) is 22.8 Å². The molecule has 1 aliphatic rings. The number of esters is 1. The molecule has 0 radical (unpaired) electrons. The number of allylic oxidation sites excluding steroid dienone is 1. The molecule has 4 rings (SSSR count). The number of benzene rings is 2. The van der Waals surface area contributed by atoms with Crippen molar-refractivity contribution in [3.8, 4) is 5.75 Å². The number of carbonyl (C=O) groups excluding carboxylic acids is 1. The average molecular weight is 695 g/mol. The summed E-state index contributed by atoms with van der Waals surface area (Å²) in [5, 5.41) is 0.338. The smallest absolute Gasteiger partial charge is 0.434 e. The minimum Gasteiger partial charge on any atom is -0.492 e. The number of aromatic nitrogens is 1. The van der Waals surface area contributed by atoms with Crippen LogP contribution in [0.2, 0.25) is 5.02 Å². The van der Waals surface area contributed by atoms with Gasteiger partial charge in [0.2, 0.25) is 0 Å². The molecule has 0 N–H and O–H groups in total. The minimum absolute atomic E-state index is 0.123. The number of fused-ring (bicyclic) bond motifs is 1. The van der Waals surface area contributed by atoms with Crippen LogP contribution >= 0.6 is 54.8 Å². The van der Waals surface area contributed by atoms with E-state index in [-0.39, 0.29) is 21.5 Å². The lowest BCUT2D eigenvalue weighted by Crippen LogP contribution is -2.41. The quantitative estimate of drug-likeness (QED) is 0.301. The Kier molecular flexibility index (Phi) is 8.55. The first-order valence-electron chi connectivity index (χ1n) is 11.1. The van der Waals surface area contributed by atoms with Gasteiger partial charge in [0.25, 0.3) is 5.56 Å². The molecule has 200 valence electrons. The van der Waals surface area contributed by atoms with Crippen molar-refractivity contribution in [2.45, 2.75) is 26.1 Å². The van der Waals surface area contributed by atoms with Crippen molar-refractivity contribution in [1.29, 1.82) is 0 Å². The van der Waals surface area contributed by atoms with Gasteiger partial charge in [-0.25, -0.2) is 9.79 Å². The maximum absolute atomic E-state index is 14.2. The van der Waals surface area contributed by atoms with Crippen LogP contribution in [0.4, 0.5) is 13.2 Å². The molecule has 2 heterocycles. The maximum atomic E-state index is 14.2. The van der Waals surface area contributed by atoms with E-state index >= 15 is 0 Å². The normalized spacial score (nSPS) is 15.8. The molecule has 1 atom stereocenters. The van der Waals surface area contributed by atoms with Crippen LogP contribution in [-0.2, 0) is 9.53 Å². The van der Waals surface area contributed by atoms with Gasteiger partial charge in [-0.05, 0) is 87.2 Å². The van der Waals surface area contributed by atoms with Crippen molar-refractivity contribution >= 4 is 66.8 Å². The van der Waals surface area contributed by atoms with Crippen molar-refractivity contribution < 1.29 is 27.4 Å². The molecule has 0 saturated heterocycles. The Bertz CT molecular complexity index is 1590. The van der Waals surface area contributed by atoms with Gasteiger partial charge in [-0.15, -0.1) is 0 Å². The van der Waals surface area contributed by atoms with Crippen molar-refractivity contribution in [3.05, 3.63) is 92.5 Å². The summed E-state index contributed by atoms with van der Waals surface area (Å²) in [4.78, 5) is 30.1. The zero-order chi connectivity index (χ0) is 27.8. The highest BCUT2D eigenvalue weighted by Crippen LogP contribution is 2.39. The van der Waals surface area contributed by atoms with Gasteiger partial charge in [-0.2, -0.15) is 13.2 Å². The summed E-state index contributed by atoms with van der Waals surface area (Å²) < 4.78 is 55.6. The van der Waals surface area contributed by atoms with Gasteiger partial charge in [0.05, 0.1) is 38.3 Å². The van der Waals surface area contributed by atoms with E-state index in [1.54, 1.807) is 12.1 Å². The molecule has 6 nitrogen and oxygen atoms in total. The Balaban J connectivity index is 2.01. The first-order valence-corrected chi connectivity index (χ1v) is 13.9. The summed E-state index contributed by atoms with van der Waals surface area (Å²) in [6, 6.07) is 7.87. The Morgan fingerprint density at radius 3 is 2.34 bits per heavy atom. The highest BCUT2D eigenvalue weighted by molar-refractivity contribution is 9.11. The number of ether oxygens (including phenoxy) is 2. The number of thiazole rings is 1. The summed E-state index contributed by atoms with van der Waals surface area (Å²) >= 11 is 13.6. The molecule has 0 unspecified atom stereocenters. The fourth-order valence-electron chi connectivity index (χ4n) is 3.90. The lowest BCUT2D eigenvalue weighted by atomic mass is 9.95. The number of hydrogen-bond acceptors (Lipinski definition) is 6. The Morgan fingerprint density at radius 2 is 1.79 bits per heavy atom. The summed E-state index contributed by atoms with van der Waals surface area (Å²) in [5.74, 6) is -0.639. The van der Waals surface area contributed by atoms with Crippen molar-refractivity contribution in [1.82, 2.24) is 4.57 Å². The predicted octanol–water partition coefficient (Wildman–Crippen LogP) is 5.92. The molecule has 1 aliphatic heterocycles. The standard InChI is InChI=1S/C25H18Br2ClF3N2O4S/c1-3-36-20-15(26)9-12(10-16(20)27)11-17-22(34)33-19(13-5-7-14(28)8-6-13)18(23(35)37-4-2)21(25(29,30)31)32-24(33)38-17/h5-11,19H,3-4H2,1-2H3/b17-11-/t19-/m0/s1. The topological polar surface area (TPSA) is 69.9 Å². The lowest BCUT2D eigenvalue weighted by molar-refractivity contribution is -0.140. The molecular weight excluding hydrogens is 677 g/mol. The van der Waals surface area contributed by atoms with Crippen LogP contribution in [0, 0.1) is 0 Å². The largest absolute Gasteiger partial charge is 0.492 e. The van der Waals surface area contributed by atoms with Gasteiger partial charge in [-0.3, -0.25) is 9.36 Å². The van der Waals surface area contributed by atoms with Crippen LogP contribution in [-0.4, -0.2) is 29.9 Å². The molecule has 0 saturated carbocycles. The Morgan fingerprint density at radius 1 is 1.16 bits per heavy atom. The van der Waals surface area contributed by atoms with E-state index in [1.807, 2.05) is 6.92 Å². The van der Waals surface area contributed by atoms with Gasteiger partial charge in [-0.1, -0.05) is 35.1 Å². The molecule has 3 aromatic rings. The molecule has 0 spiro atoms. The molecule has 0 bridgehead atoms. The number of hydrogen-bond donors (Lipinski definition) is 0. The number of alkyl halides is 3. The maximum Gasteiger partial charge on any atom is 0.434 e. The van der Waals surface area contributed by atoms with Crippen LogP contribution in [0.25, 0.3) is 6.08 Å². The van der Waals surface area contributed by atoms with Gasteiger partial charge >= 0.3 is 12.1 Å². The van der Waals surface area contributed by atoms with E-state index in [2.05, 4.69) is 36.9 Å². The summed E-state index contributed by atoms with van der Waals surface area (Å²) in [6.45, 7) is 3.59. The summed E-state index contributed by atoms with van der Waals surface area (Å²) in [7, 11) is 0. The number of halogens is 6. The molecular formula is C25H18Br2ClF3N2O4S. The van der Waals surface area contributed by atoms with E-state index in [1.165, 1.54) is 37.3 Å². The third-order valence-electron chi connectivity index (χ3n) is 5.39.